The monoisotopic (exact) mass is 208 g/mol. The zero-order valence-electron chi connectivity index (χ0n) is 9.06. The van der Waals surface area contributed by atoms with Crippen molar-refractivity contribution in [1.82, 2.24) is 0 Å². The molecule has 0 aromatic heterocycles. The molecule has 0 spiro atoms. The summed E-state index contributed by atoms with van der Waals surface area (Å²) in [5.41, 5.74) is 0.786. The smallest absolute Gasteiger partial charge is 0.163 e. The van der Waals surface area contributed by atoms with Crippen molar-refractivity contribution in [3.63, 3.8) is 0 Å². The maximum Gasteiger partial charge on any atom is 0.163 e. The van der Waals surface area contributed by atoms with Crippen molar-refractivity contribution in [2.45, 2.75) is 26.4 Å². The Hall–Kier alpha value is -1.35. The molecule has 0 aliphatic heterocycles. The third-order valence-electron chi connectivity index (χ3n) is 2.05. The van der Waals surface area contributed by atoms with E-state index < -0.39 is 6.10 Å². The summed E-state index contributed by atoms with van der Waals surface area (Å²) >= 11 is 0. The first kappa shape index (κ1) is 11.7. The lowest BCUT2D eigenvalue weighted by Crippen LogP contribution is -2.13. The van der Waals surface area contributed by atoms with Gasteiger partial charge in [-0.25, -0.2) is 0 Å². The first-order valence-corrected chi connectivity index (χ1v) is 5.06. The Labute approximate surface area is 89.7 Å². The molecule has 0 saturated heterocycles. The van der Waals surface area contributed by atoms with Crippen LogP contribution in [0.25, 0.3) is 0 Å². The van der Waals surface area contributed by atoms with Crippen molar-refractivity contribution in [3.8, 4) is 5.75 Å². The Kier molecular flexibility index (Phi) is 4.31. The quantitative estimate of drug-likeness (QED) is 0.808. The summed E-state index contributed by atoms with van der Waals surface area (Å²) in [6.45, 7) is 4.06. The zero-order valence-corrected chi connectivity index (χ0v) is 9.06. The van der Waals surface area contributed by atoms with Gasteiger partial charge in [0.1, 0.15) is 11.9 Å². The average molecular weight is 208 g/mol. The molecule has 0 radical (unpaired) electrons. The average Bonchev–Trinajstić information content (AvgIpc) is 2.21. The lowest BCUT2D eigenvalue weighted by Gasteiger charge is -2.14. The van der Waals surface area contributed by atoms with Gasteiger partial charge in [0.2, 0.25) is 0 Å². The van der Waals surface area contributed by atoms with E-state index in [0.29, 0.717) is 6.61 Å². The number of rotatable bonds is 5. The molecule has 0 heterocycles. The van der Waals surface area contributed by atoms with E-state index in [2.05, 4.69) is 0 Å². The first-order chi connectivity index (χ1) is 7.15. The second-order valence-electron chi connectivity index (χ2n) is 3.45. The molecule has 3 nitrogen and oxygen atoms in total. The number of hydrogen-bond donors (Lipinski definition) is 1. The van der Waals surface area contributed by atoms with E-state index in [1.54, 1.807) is 24.3 Å². The van der Waals surface area contributed by atoms with Crippen LogP contribution < -0.4 is 0 Å². The maximum absolute atomic E-state index is 11.3. The number of phenolic OH excluding ortho intramolecular Hbond substituents is 1. The summed E-state index contributed by atoms with van der Waals surface area (Å²) in [6, 6.07) is 6.52. The van der Waals surface area contributed by atoms with Gasteiger partial charge in [0.15, 0.2) is 5.78 Å². The van der Waals surface area contributed by atoms with E-state index >= 15 is 0 Å². The minimum Gasteiger partial charge on any atom is -0.508 e. The summed E-state index contributed by atoms with van der Waals surface area (Å²) < 4.78 is 5.45. The maximum atomic E-state index is 11.3. The van der Waals surface area contributed by atoms with Crippen molar-refractivity contribution < 1.29 is 14.6 Å². The lowest BCUT2D eigenvalue weighted by molar-refractivity contribution is -0.128. The fraction of sp³-hybridized carbons (Fsp3) is 0.417. The van der Waals surface area contributed by atoms with E-state index in [1.165, 1.54) is 6.92 Å². The van der Waals surface area contributed by atoms with E-state index in [4.69, 9.17) is 9.84 Å². The molecule has 1 aromatic carbocycles. The van der Waals surface area contributed by atoms with E-state index in [1.807, 2.05) is 6.92 Å². The first-order valence-electron chi connectivity index (χ1n) is 5.06. The van der Waals surface area contributed by atoms with Gasteiger partial charge in [-0.05, 0) is 31.0 Å². The minimum atomic E-state index is -0.509. The number of phenols is 1. The van der Waals surface area contributed by atoms with Crippen LogP contribution in [0.5, 0.6) is 5.75 Å². The molecule has 1 aromatic rings. The van der Waals surface area contributed by atoms with Gasteiger partial charge in [0, 0.05) is 6.61 Å². The van der Waals surface area contributed by atoms with Gasteiger partial charge in [-0.2, -0.15) is 0 Å². The van der Waals surface area contributed by atoms with Crippen LogP contribution in [-0.2, 0) is 9.53 Å². The normalized spacial score (nSPS) is 12.4. The molecule has 1 rings (SSSR count). The Morgan fingerprint density at radius 3 is 2.47 bits per heavy atom. The fourth-order valence-corrected chi connectivity index (χ4v) is 1.33. The molecule has 0 aliphatic rings. The molecule has 3 heteroatoms. The van der Waals surface area contributed by atoms with Crippen molar-refractivity contribution in [2.75, 3.05) is 6.61 Å². The molecule has 0 saturated carbocycles. The Bertz CT molecular complexity index is 316. The van der Waals surface area contributed by atoms with E-state index in [-0.39, 0.29) is 11.5 Å². The second kappa shape index (κ2) is 5.51. The van der Waals surface area contributed by atoms with Crippen molar-refractivity contribution in [3.05, 3.63) is 29.8 Å². The molecule has 1 unspecified atom stereocenters. The fourth-order valence-electron chi connectivity index (χ4n) is 1.33. The lowest BCUT2D eigenvalue weighted by atomic mass is 10.1. The van der Waals surface area contributed by atoms with E-state index in [0.717, 1.165) is 12.0 Å². The predicted molar refractivity (Wildman–Crippen MR) is 57.8 cm³/mol. The number of carbonyl (C=O) groups excluding carboxylic acids is 1. The summed E-state index contributed by atoms with van der Waals surface area (Å²) in [5.74, 6) is 0.172. The third-order valence-corrected chi connectivity index (χ3v) is 2.05. The third kappa shape index (κ3) is 3.36. The molecule has 0 fully saturated rings. The van der Waals surface area contributed by atoms with Crippen LogP contribution in [0.2, 0.25) is 0 Å². The Morgan fingerprint density at radius 2 is 2.00 bits per heavy atom. The van der Waals surface area contributed by atoms with Crippen molar-refractivity contribution in [1.29, 1.82) is 0 Å². The van der Waals surface area contributed by atoms with Gasteiger partial charge in [-0.15, -0.1) is 0 Å². The van der Waals surface area contributed by atoms with Crippen LogP contribution in [0, 0.1) is 0 Å². The summed E-state index contributed by atoms with van der Waals surface area (Å²) in [4.78, 5) is 11.3. The second-order valence-corrected chi connectivity index (χ2v) is 3.45. The SMILES string of the molecule is CCCOC(C(C)=O)c1ccc(O)cc1. The number of ether oxygens (including phenoxy) is 1. The molecular formula is C12H16O3. The number of aromatic hydroxyl groups is 1. The van der Waals surface area contributed by atoms with Gasteiger partial charge in [-0.3, -0.25) is 4.79 Å². The van der Waals surface area contributed by atoms with Crippen LogP contribution in [-0.4, -0.2) is 17.5 Å². The topological polar surface area (TPSA) is 46.5 Å². The number of carbonyl (C=O) groups is 1. The van der Waals surface area contributed by atoms with Gasteiger partial charge < -0.3 is 9.84 Å². The van der Waals surface area contributed by atoms with Crippen LogP contribution in [0.1, 0.15) is 31.9 Å². The predicted octanol–water partition coefficient (Wildman–Crippen LogP) is 2.45. The van der Waals surface area contributed by atoms with Crippen LogP contribution in [0.3, 0.4) is 0 Å². The largest absolute Gasteiger partial charge is 0.508 e. The van der Waals surface area contributed by atoms with Gasteiger partial charge in [-0.1, -0.05) is 19.1 Å². The summed E-state index contributed by atoms with van der Waals surface area (Å²) in [5, 5.41) is 9.13. The highest BCUT2D eigenvalue weighted by Crippen LogP contribution is 2.21. The molecule has 0 bridgehead atoms. The molecule has 82 valence electrons. The van der Waals surface area contributed by atoms with Gasteiger partial charge in [0.05, 0.1) is 0 Å². The minimum absolute atomic E-state index is 0.0193. The molecule has 1 atom stereocenters. The molecule has 0 aliphatic carbocycles. The molecule has 0 amide bonds. The Balaban J connectivity index is 2.79. The standard InChI is InChI=1S/C12H16O3/c1-3-8-15-12(9(2)13)10-4-6-11(14)7-5-10/h4-7,12,14H,3,8H2,1-2H3. The van der Waals surface area contributed by atoms with Crippen LogP contribution in [0.15, 0.2) is 24.3 Å². The number of hydrogen-bond acceptors (Lipinski definition) is 3. The Morgan fingerprint density at radius 1 is 1.40 bits per heavy atom. The highest BCUT2D eigenvalue weighted by molar-refractivity contribution is 5.81. The summed E-state index contributed by atoms with van der Waals surface area (Å²) in [7, 11) is 0. The highest BCUT2D eigenvalue weighted by atomic mass is 16.5. The molecular weight excluding hydrogens is 192 g/mol. The van der Waals surface area contributed by atoms with Crippen LogP contribution in [0.4, 0.5) is 0 Å². The molecule has 1 N–H and O–H groups in total. The van der Waals surface area contributed by atoms with Gasteiger partial charge in [0.25, 0.3) is 0 Å². The summed E-state index contributed by atoms with van der Waals surface area (Å²) in [6.07, 6.45) is 0.368. The van der Waals surface area contributed by atoms with Crippen molar-refractivity contribution in [2.24, 2.45) is 0 Å². The number of ketones is 1. The van der Waals surface area contributed by atoms with Gasteiger partial charge >= 0.3 is 0 Å². The van der Waals surface area contributed by atoms with Crippen LogP contribution >= 0.6 is 0 Å². The zero-order chi connectivity index (χ0) is 11.3. The number of Topliss-reactive ketones (excluding diaryl/α,β-unsaturated/α-hetero) is 1. The number of benzene rings is 1. The van der Waals surface area contributed by atoms with E-state index in [9.17, 15) is 4.79 Å². The van der Waals surface area contributed by atoms with Crippen molar-refractivity contribution >= 4 is 5.78 Å². The highest BCUT2D eigenvalue weighted by Gasteiger charge is 2.16. The molecule has 15 heavy (non-hydrogen) atoms.